The third-order valence-electron chi connectivity index (χ3n) is 2.97. The molecule has 1 aromatic rings. The molecule has 21 heavy (non-hydrogen) atoms. The second kappa shape index (κ2) is 8.49. The molecule has 1 aromatic heterocycles. The minimum atomic E-state index is -0.494. The van der Waals surface area contributed by atoms with Crippen LogP contribution in [0.5, 0.6) is 0 Å². The van der Waals surface area contributed by atoms with E-state index in [0.29, 0.717) is 31.1 Å². The molecule has 0 saturated carbocycles. The lowest BCUT2D eigenvalue weighted by molar-refractivity contribution is -0.129. The molecule has 0 radical (unpaired) electrons. The highest BCUT2D eigenvalue weighted by atomic mass is 16.3. The Bertz CT molecular complexity index is 438. The fourth-order valence-electron chi connectivity index (χ4n) is 2.04. The van der Waals surface area contributed by atoms with Crippen LogP contribution in [-0.2, 0) is 16.1 Å². The number of amides is 2. The topological polar surface area (TPSA) is 71.3 Å². The lowest BCUT2D eigenvalue weighted by atomic mass is 10.0. The molecule has 0 bridgehead atoms. The summed E-state index contributed by atoms with van der Waals surface area (Å²) in [6.07, 6.45) is 2.62. The lowest BCUT2D eigenvalue weighted by Gasteiger charge is -2.20. The third-order valence-corrected chi connectivity index (χ3v) is 2.97. The molecule has 0 unspecified atom stereocenters. The molecule has 1 heterocycles. The van der Waals surface area contributed by atoms with Crippen molar-refractivity contribution in [3.63, 3.8) is 0 Å². The number of furan rings is 1. The van der Waals surface area contributed by atoms with Gasteiger partial charge in [-0.3, -0.25) is 9.59 Å². The SMILES string of the molecule is CC(C)CC(=O)N[C@@H](CC(C)C)C(=O)NCc1ccco1. The van der Waals surface area contributed by atoms with E-state index in [9.17, 15) is 9.59 Å². The first-order valence-corrected chi connectivity index (χ1v) is 7.48. The van der Waals surface area contributed by atoms with Crippen molar-refractivity contribution < 1.29 is 14.0 Å². The van der Waals surface area contributed by atoms with Crippen molar-refractivity contribution >= 4 is 11.8 Å². The summed E-state index contributed by atoms with van der Waals surface area (Å²) in [4.78, 5) is 24.1. The first kappa shape index (κ1) is 17.3. The minimum Gasteiger partial charge on any atom is -0.467 e. The van der Waals surface area contributed by atoms with E-state index in [1.165, 1.54) is 0 Å². The summed E-state index contributed by atoms with van der Waals surface area (Å²) in [5.41, 5.74) is 0. The molecular formula is C16H26N2O3. The monoisotopic (exact) mass is 294 g/mol. The zero-order chi connectivity index (χ0) is 15.8. The number of rotatable bonds is 8. The molecule has 0 fully saturated rings. The standard InChI is InChI=1S/C16H26N2O3/c1-11(2)8-14(18-15(19)9-12(3)4)16(20)17-10-13-6-5-7-21-13/h5-7,11-12,14H,8-10H2,1-4H3,(H,17,20)(H,18,19)/t14-/m0/s1. The van der Waals surface area contributed by atoms with Gasteiger partial charge in [0.2, 0.25) is 11.8 Å². The molecule has 2 N–H and O–H groups in total. The van der Waals surface area contributed by atoms with E-state index in [4.69, 9.17) is 4.42 Å². The van der Waals surface area contributed by atoms with Crippen molar-refractivity contribution in [2.75, 3.05) is 0 Å². The van der Waals surface area contributed by atoms with Gasteiger partial charge in [-0.15, -0.1) is 0 Å². The van der Waals surface area contributed by atoms with Crippen LogP contribution < -0.4 is 10.6 Å². The van der Waals surface area contributed by atoms with Crippen molar-refractivity contribution in [3.05, 3.63) is 24.2 Å². The fourth-order valence-corrected chi connectivity index (χ4v) is 2.04. The highest BCUT2D eigenvalue weighted by Crippen LogP contribution is 2.07. The number of carbonyl (C=O) groups excluding carboxylic acids is 2. The maximum atomic E-state index is 12.2. The van der Waals surface area contributed by atoms with Gasteiger partial charge in [-0.1, -0.05) is 27.7 Å². The smallest absolute Gasteiger partial charge is 0.242 e. The Morgan fingerprint density at radius 2 is 1.90 bits per heavy atom. The molecule has 0 saturated heterocycles. The number of hydrogen-bond donors (Lipinski definition) is 2. The number of hydrogen-bond acceptors (Lipinski definition) is 3. The number of carbonyl (C=O) groups is 2. The Hall–Kier alpha value is -1.78. The van der Waals surface area contributed by atoms with Crippen LogP contribution in [-0.4, -0.2) is 17.9 Å². The third kappa shape index (κ3) is 6.97. The summed E-state index contributed by atoms with van der Waals surface area (Å²) < 4.78 is 5.18. The first-order valence-electron chi connectivity index (χ1n) is 7.48. The Balaban J connectivity index is 2.54. The van der Waals surface area contributed by atoms with E-state index in [2.05, 4.69) is 10.6 Å². The molecule has 2 amide bonds. The van der Waals surface area contributed by atoms with Crippen molar-refractivity contribution in [2.45, 2.75) is 53.1 Å². The van der Waals surface area contributed by atoms with Crippen LogP contribution in [0.25, 0.3) is 0 Å². The Kier molecular flexibility index (Phi) is 6.99. The maximum absolute atomic E-state index is 12.2. The van der Waals surface area contributed by atoms with E-state index >= 15 is 0 Å². The summed E-state index contributed by atoms with van der Waals surface area (Å²) in [6, 6.07) is 3.08. The van der Waals surface area contributed by atoms with Gasteiger partial charge >= 0.3 is 0 Å². The van der Waals surface area contributed by atoms with E-state index in [1.807, 2.05) is 27.7 Å². The molecule has 0 aliphatic carbocycles. The van der Waals surface area contributed by atoms with Crippen LogP contribution in [0.4, 0.5) is 0 Å². The average Bonchev–Trinajstić information content (AvgIpc) is 2.86. The zero-order valence-corrected chi connectivity index (χ0v) is 13.3. The van der Waals surface area contributed by atoms with Gasteiger partial charge in [0.25, 0.3) is 0 Å². The van der Waals surface area contributed by atoms with Gasteiger partial charge in [0.15, 0.2) is 0 Å². The van der Waals surface area contributed by atoms with Gasteiger partial charge in [-0.2, -0.15) is 0 Å². The van der Waals surface area contributed by atoms with Crippen molar-refractivity contribution in [1.29, 1.82) is 0 Å². The molecule has 1 rings (SSSR count). The van der Waals surface area contributed by atoms with Gasteiger partial charge in [0, 0.05) is 6.42 Å². The van der Waals surface area contributed by atoms with E-state index in [-0.39, 0.29) is 17.7 Å². The molecular weight excluding hydrogens is 268 g/mol. The minimum absolute atomic E-state index is 0.0798. The van der Waals surface area contributed by atoms with Gasteiger partial charge in [0.1, 0.15) is 11.8 Å². The van der Waals surface area contributed by atoms with Crippen LogP contribution >= 0.6 is 0 Å². The molecule has 5 nitrogen and oxygen atoms in total. The van der Waals surface area contributed by atoms with Crippen molar-refractivity contribution in [3.8, 4) is 0 Å². The molecule has 118 valence electrons. The molecule has 5 heteroatoms. The van der Waals surface area contributed by atoms with Crippen molar-refractivity contribution in [1.82, 2.24) is 10.6 Å². The summed E-state index contributed by atoms with van der Waals surface area (Å²) in [5, 5.41) is 5.63. The second-order valence-electron chi connectivity index (χ2n) is 6.14. The predicted octanol–water partition coefficient (Wildman–Crippen LogP) is 2.47. The Morgan fingerprint density at radius 3 is 2.43 bits per heavy atom. The first-order chi connectivity index (χ1) is 9.88. The van der Waals surface area contributed by atoms with Crippen LogP contribution in [0, 0.1) is 11.8 Å². The highest BCUT2D eigenvalue weighted by molar-refractivity contribution is 5.87. The zero-order valence-electron chi connectivity index (χ0n) is 13.3. The second-order valence-corrected chi connectivity index (χ2v) is 6.14. The summed E-state index contributed by atoms with van der Waals surface area (Å²) in [5.74, 6) is 1.04. The van der Waals surface area contributed by atoms with Crippen LogP contribution in [0.15, 0.2) is 22.8 Å². The van der Waals surface area contributed by atoms with Crippen LogP contribution in [0.3, 0.4) is 0 Å². The normalized spacial score (nSPS) is 12.5. The number of nitrogens with one attached hydrogen (secondary N) is 2. The fraction of sp³-hybridized carbons (Fsp3) is 0.625. The summed E-state index contributed by atoms with van der Waals surface area (Å²) in [6.45, 7) is 8.35. The Labute approximate surface area is 126 Å². The molecule has 1 atom stereocenters. The summed E-state index contributed by atoms with van der Waals surface area (Å²) in [7, 11) is 0. The molecule has 0 aromatic carbocycles. The van der Waals surface area contributed by atoms with Gasteiger partial charge < -0.3 is 15.1 Å². The molecule has 0 spiro atoms. The van der Waals surface area contributed by atoms with E-state index in [1.54, 1.807) is 18.4 Å². The quantitative estimate of drug-likeness (QED) is 0.773. The Morgan fingerprint density at radius 1 is 1.19 bits per heavy atom. The highest BCUT2D eigenvalue weighted by Gasteiger charge is 2.22. The average molecular weight is 294 g/mol. The van der Waals surface area contributed by atoms with E-state index < -0.39 is 6.04 Å². The molecule has 0 aliphatic rings. The van der Waals surface area contributed by atoms with E-state index in [0.717, 1.165) is 0 Å². The lowest BCUT2D eigenvalue weighted by Crippen LogP contribution is -2.47. The summed E-state index contributed by atoms with van der Waals surface area (Å²) >= 11 is 0. The van der Waals surface area contributed by atoms with Crippen LogP contribution in [0.2, 0.25) is 0 Å². The van der Waals surface area contributed by atoms with Crippen LogP contribution in [0.1, 0.15) is 46.3 Å². The van der Waals surface area contributed by atoms with Gasteiger partial charge in [-0.05, 0) is 30.4 Å². The maximum Gasteiger partial charge on any atom is 0.242 e. The predicted molar refractivity (Wildman–Crippen MR) is 81.4 cm³/mol. The molecule has 0 aliphatic heterocycles. The van der Waals surface area contributed by atoms with Gasteiger partial charge in [-0.25, -0.2) is 0 Å². The van der Waals surface area contributed by atoms with Gasteiger partial charge in [0.05, 0.1) is 12.8 Å². The van der Waals surface area contributed by atoms with Crippen molar-refractivity contribution in [2.24, 2.45) is 11.8 Å². The largest absolute Gasteiger partial charge is 0.467 e.